The van der Waals surface area contributed by atoms with Gasteiger partial charge in [0.1, 0.15) is 19.3 Å². The Morgan fingerprint density at radius 2 is 0.484 bits per heavy atom. The van der Waals surface area contributed by atoms with Crippen LogP contribution in [0.4, 0.5) is 0 Å². The zero-order chi connectivity index (χ0) is 69.8. The van der Waals surface area contributed by atoms with Gasteiger partial charge in [-0.3, -0.25) is 37.3 Å². The van der Waals surface area contributed by atoms with Crippen molar-refractivity contribution < 1.29 is 80.2 Å². The second-order valence-electron chi connectivity index (χ2n) is 27.9. The maximum atomic E-state index is 13.1. The van der Waals surface area contributed by atoms with Crippen LogP contribution in [0.5, 0.6) is 0 Å². The van der Waals surface area contributed by atoms with E-state index in [-0.39, 0.29) is 25.7 Å². The van der Waals surface area contributed by atoms with E-state index in [0.29, 0.717) is 25.7 Å². The summed E-state index contributed by atoms with van der Waals surface area (Å²) in [6.07, 6.45) is 58.4. The number of aliphatic hydroxyl groups excluding tert-OH is 1. The minimum atomic E-state index is -4.96. The van der Waals surface area contributed by atoms with Crippen molar-refractivity contribution in [3.63, 3.8) is 0 Å². The van der Waals surface area contributed by atoms with Crippen molar-refractivity contribution in [2.24, 2.45) is 5.92 Å². The van der Waals surface area contributed by atoms with E-state index in [1.807, 2.05) is 0 Å². The highest BCUT2D eigenvalue weighted by Crippen LogP contribution is 2.45. The fraction of sp³-hybridized carbons (Fsp3) is 0.947. The highest BCUT2D eigenvalue weighted by atomic mass is 31.2. The van der Waals surface area contributed by atoms with Crippen LogP contribution in [-0.2, 0) is 65.4 Å². The molecule has 0 amide bonds. The summed E-state index contributed by atoms with van der Waals surface area (Å²) in [7, 11) is -9.90. The first-order chi connectivity index (χ1) is 46.0. The topological polar surface area (TPSA) is 237 Å². The van der Waals surface area contributed by atoms with E-state index in [2.05, 4.69) is 34.6 Å². The van der Waals surface area contributed by atoms with Crippen LogP contribution in [-0.4, -0.2) is 96.7 Å². The molecule has 0 aromatic heterocycles. The Morgan fingerprint density at radius 1 is 0.284 bits per heavy atom. The Morgan fingerprint density at radius 3 is 0.716 bits per heavy atom. The monoisotopic (exact) mass is 1400 g/mol. The molecule has 0 aromatic rings. The van der Waals surface area contributed by atoms with Crippen molar-refractivity contribution in [1.82, 2.24) is 0 Å². The predicted molar refractivity (Wildman–Crippen MR) is 386 cm³/mol. The summed E-state index contributed by atoms with van der Waals surface area (Å²) in [5.74, 6) is -1.36. The van der Waals surface area contributed by atoms with Crippen LogP contribution in [0.3, 0.4) is 0 Å². The zero-order valence-electron chi connectivity index (χ0n) is 61.8. The van der Waals surface area contributed by atoms with Crippen molar-refractivity contribution in [2.45, 2.75) is 419 Å². The molecule has 0 aliphatic rings. The third-order valence-electron chi connectivity index (χ3n) is 17.8. The molecule has 95 heavy (non-hydrogen) atoms. The smallest absolute Gasteiger partial charge is 0.462 e. The molecule has 0 aliphatic carbocycles. The van der Waals surface area contributed by atoms with Gasteiger partial charge < -0.3 is 33.8 Å². The zero-order valence-corrected chi connectivity index (χ0v) is 63.6. The number of ether oxygens (including phenoxy) is 4. The molecule has 0 saturated carbocycles. The van der Waals surface area contributed by atoms with Gasteiger partial charge in [-0.25, -0.2) is 9.13 Å². The molecule has 0 rings (SSSR count). The standard InChI is InChI=1S/C76H148O17P2/c1-6-9-12-15-18-21-23-25-26-27-28-29-30-31-32-33-34-36-42-47-52-57-62-76(81)93-72(66-87-74(79)60-55-50-45-40-38-37-39-43-48-53-58-69(4)5)68-91-95(84,85)89-64-70(77)63-88-94(82,83)90-67-71(65-86-73(78)59-54-49-44-20-17-14-11-8-3)92-75(80)61-56-51-46-41-35-24-22-19-16-13-10-7-2/h69-72,77H,6-68H2,1-5H3,(H,82,83)(H,84,85)/t70-,71+,72+/m0/s1. The number of phosphoric ester groups is 2. The van der Waals surface area contributed by atoms with E-state index in [0.717, 1.165) is 102 Å². The molecule has 0 aliphatic heterocycles. The summed E-state index contributed by atoms with van der Waals surface area (Å²) < 4.78 is 68.4. The van der Waals surface area contributed by atoms with Crippen LogP contribution in [0.1, 0.15) is 401 Å². The second-order valence-corrected chi connectivity index (χ2v) is 30.8. The molecular formula is C76H148O17P2. The van der Waals surface area contributed by atoms with Crippen molar-refractivity contribution in [3.8, 4) is 0 Å². The fourth-order valence-corrected chi connectivity index (χ4v) is 13.3. The third kappa shape index (κ3) is 70.3. The number of phosphoric acid groups is 2. The number of aliphatic hydroxyl groups is 1. The maximum absolute atomic E-state index is 13.1. The quantitative estimate of drug-likeness (QED) is 0.0222. The highest BCUT2D eigenvalue weighted by Gasteiger charge is 2.30. The van der Waals surface area contributed by atoms with E-state index in [9.17, 15) is 43.2 Å². The summed E-state index contributed by atoms with van der Waals surface area (Å²) in [5, 5.41) is 10.6. The third-order valence-corrected chi connectivity index (χ3v) is 19.7. The van der Waals surface area contributed by atoms with Crippen LogP contribution in [0, 0.1) is 5.92 Å². The van der Waals surface area contributed by atoms with Crippen molar-refractivity contribution in [3.05, 3.63) is 0 Å². The number of esters is 4. The lowest BCUT2D eigenvalue weighted by molar-refractivity contribution is -0.161. The summed E-state index contributed by atoms with van der Waals surface area (Å²) in [6, 6.07) is 0. The average molecular weight is 1400 g/mol. The number of rotatable bonds is 76. The van der Waals surface area contributed by atoms with Gasteiger partial charge in [0.2, 0.25) is 0 Å². The molecule has 0 radical (unpaired) electrons. The van der Waals surface area contributed by atoms with Gasteiger partial charge in [0.05, 0.1) is 26.4 Å². The average Bonchev–Trinajstić information content (AvgIpc) is 2.35. The first-order valence-electron chi connectivity index (χ1n) is 39.6. The lowest BCUT2D eigenvalue weighted by Crippen LogP contribution is -2.30. The predicted octanol–water partition coefficient (Wildman–Crippen LogP) is 22.5. The van der Waals surface area contributed by atoms with Crippen molar-refractivity contribution in [1.29, 1.82) is 0 Å². The molecule has 564 valence electrons. The van der Waals surface area contributed by atoms with Gasteiger partial charge in [-0.15, -0.1) is 0 Å². The van der Waals surface area contributed by atoms with E-state index < -0.39 is 97.5 Å². The number of hydrogen-bond acceptors (Lipinski definition) is 15. The summed E-state index contributed by atoms with van der Waals surface area (Å²) in [5.41, 5.74) is 0. The molecule has 3 N–H and O–H groups in total. The molecule has 0 spiro atoms. The summed E-state index contributed by atoms with van der Waals surface area (Å²) in [4.78, 5) is 72.7. The Bertz CT molecular complexity index is 1820. The molecule has 0 saturated heterocycles. The Labute approximate surface area is 581 Å². The van der Waals surface area contributed by atoms with Gasteiger partial charge in [-0.1, -0.05) is 349 Å². The lowest BCUT2D eigenvalue weighted by atomic mass is 10.0. The SMILES string of the molecule is CCCCCCCCCCCCCCCCCCCCCCCCC(=O)O[C@H](COC(=O)CCCCCCCCCCCCC(C)C)COP(=O)(O)OC[C@@H](O)COP(=O)(O)OC[C@@H](COC(=O)CCCCCCCCCC)OC(=O)CCCCCCCCCCCCCC. The summed E-state index contributed by atoms with van der Waals surface area (Å²) in [6.45, 7) is 7.25. The van der Waals surface area contributed by atoms with E-state index >= 15 is 0 Å². The number of carbonyl (C=O) groups is 4. The van der Waals surface area contributed by atoms with Gasteiger partial charge in [-0.2, -0.15) is 0 Å². The lowest BCUT2D eigenvalue weighted by Gasteiger charge is -2.21. The minimum absolute atomic E-state index is 0.107. The van der Waals surface area contributed by atoms with Crippen LogP contribution in [0.25, 0.3) is 0 Å². The Balaban J connectivity index is 5.15. The fourth-order valence-electron chi connectivity index (χ4n) is 11.7. The van der Waals surface area contributed by atoms with Crippen molar-refractivity contribution >= 4 is 39.5 Å². The van der Waals surface area contributed by atoms with Crippen LogP contribution >= 0.6 is 15.6 Å². The number of hydrogen-bond donors (Lipinski definition) is 3. The van der Waals surface area contributed by atoms with Gasteiger partial charge in [0, 0.05) is 25.7 Å². The molecule has 0 aromatic carbocycles. The van der Waals surface area contributed by atoms with Crippen molar-refractivity contribution in [2.75, 3.05) is 39.6 Å². The van der Waals surface area contributed by atoms with Gasteiger partial charge in [0.15, 0.2) is 12.2 Å². The van der Waals surface area contributed by atoms with Crippen LogP contribution in [0.15, 0.2) is 0 Å². The van der Waals surface area contributed by atoms with Gasteiger partial charge >= 0.3 is 39.5 Å². The first kappa shape index (κ1) is 93.1. The molecular weight excluding hydrogens is 1250 g/mol. The molecule has 0 bridgehead atoms. The maximum Gasteiger partial charge on any atom is 0.472 e. The molecule has 2 unspecified atom stereocenters. The van der Waals surface area contributed by atoms with Gasteiger partial charge in [-0.05, 0) is 31.6 Å². The Kier molecular flexibility index (Phi) is 67.7. The second kappa shape index (κ2) is 69.2. The molecule has 5 atom stereocenters. The molecule has 19 heteroatoms. The summed E-state index contributed by atoms with van der Waals surface area (Å²) >= 11 is 0. The van der Waals surface area contributed by atoms with E-state index in [4.69, 9.17) is 37.0 Å². The van der Waals surface area contributed by atoms with Crippen LogP contribution in [0.2, 0.25) is 0 Å². The normalized spacial score (nSPS) is 13.9. The minimum Gasteiger partial charge on any atom is -0.462 e. The van der Waals surface area contributed by atoms with E-state index in [1.54, 1.807) is 0 Å². The molecule has 0 heterocycles. The number of carbonyl (C=O) groups excluding carboxylic acids is 4. The largest absolute Gasteiger partial charge is 0.472 e. The number of unbranched alkanes of at least 4 members (excludes halogenated alkanes) is 48. The van der Waals surface area contributed by atoms with Gasteiger partial charge in [0.25, 0.3) is 0 Å². The van der Waals surface area contributed by atoms with Crippen LogP contribution < -0.4 is 0 Å². The molecule has 0 fully saturated rings. The highest BCUT2D eigenvalue weighted by molar-refractivity contribution is 7.47. The molecule has 17 nitrogen and oxygen atoms in total. The first-order valence-corrected chi connectivity index (χ1v) is 42.6. The Hall–Kier alpha value is -1.94. The van der Waals surface area contributed by atoms with E-state index in [1.165, 1.54) is 218 Å².